The van der Waals surface area contributed by atoms with Crippen molar-refractivity contribution in [3.63, 3.8) is 0 Å². The lowest BCUT2D eigenvalue weighted by Gasteiger charge is -2.23. The van der Waals surface area contributed by atoms with Gasteiger partial charge in [0.2, 0.25) is 0 Å². The smallest absolute Gasteiger partial charge is 0.422 e. The number of amides is 1. The summed E-state index contributed by atoms with van der Waals surface area (Å²) < 4.78 is 5.20. The minimum atomic E-state index is -0.416. The normalized spacial score (nSPS) is 22.7. The Morgan fingerprint density at radius 2 is 1.94 bits per heavy atom. The third-order valence-corrected chi connectivity index (χ3v) is 3.04. The Balaban J connectivity index is 0.00000128. The summed E-state index contributed by atoms with van der Waals surface area (Å²) in [5.41, 5.74) is 2.92. The molecule has 2 rings (SSSR count). The number of rotatable bonds is 1. The molecule has 1 N–H and O–H groups in total. The summed E-state index contributed by atoms with van der Waals surface area (Å²) >= 11 is 0. The molecule has 1 saturated heterocycles. The van der Waals surface area contributed by atoms with Crippen LogP contribution in [0.1, 0.15) is 40.0 Å². The summed E-state index contributed by atoms with van der Waals surface area (Å²) in [6, 6.07) is 0. The third kappa shape index (κ3) is 3.52. The summed E-state index contributed by atoms with van der Waals surface area (Å²) in [4.78, 5) is 11.5. The molecule has 0 bridgehead atoms. The molecule has 1 spiro atoms. The molecule has 0 aromatic carbocycles. The molecule has 0 aromatic heterocycles. The summed E-state index contributed by atoms with van der Waals surface area (Å²) in [6.45, 7) is 7.57. The van der Waals surface area contributed by atoms with E-state index in [4.69, 9.17) is 4.74 Å². The van der Waals surface area contributed by atoms with E-state index < -0.39 is 5.60 Å². The molecule has 16 heavy (non-hydrogen) atoms. The molecule has 94 valence electrons. The molecule has 1 aliphatic heterocycles. The van der Waals surface area contributed by atoms with Crippen molar-refractivity contribution in [1.29, 1.82) is 0 Å². The molecule has 4 nitrogen and oxygen atoms in total. The molecule has 0 aromatic rings. The van der Waals surface area contributed by atoms with Crippen molar-refractivity contribution < 1.29 is 9.53 Å². The van der Waals surface area contributed by atoms with Gasteiger partial charge in [0, 0.05) is 13.1 Å². The number of ether oxygens (including phenoxy) is 1. The van der Waals surface area contributed by atoms with Gasteiger partial charge in [0.05, 0.1) is 0 Å². The van der Waals surface area contributed by atoms with E-state index in [1.807, 2.05) is 25.8 Å². The molecule has 1 aliphatic carbocycles. The van der Waals surface area contributed by atoms with Crippen LogP contribution in [0.3, 0.4) is 0 Å². The number of nitrogens with zero attached hydrogens (tertiary/aromatic N) is 1. The van der Waals surface area contributed by atoms with Crippen LogP contribution in [-0.4, -0.2) is 29.8 Å². The maximum absolute atomic E-state index is 11.5. The molecule has 2 aliphatic rings. The van der Waals surface area contributed by atoms with Gasteiger partial charge in [-0.3, -0.25) is 5.43 Å². The van der Waals surface area contributed by atoms with Crippen LogP contribution in [0, 0.1) is 5.41 Å². The van der Waals surface area contributed by atoms with Crippen molar-refractivity contribution in [2.24, 2.45) is 5.41 Å². The number of nitrogens with one attached hydrogen (secondary N) is 1. The largest absolute Gasteiger partial charge is 0.443 e. The van der Waals surface area contributed by atoms with Crippen molar-refractivity contribution >= 4 is 18.5 Å². The average Bonchev–Trinajstić information content (AvgIpc) is 2.65. The highest BCUT2D eigenvalue weighted by molar-refractivity contribution is 5.85. The number of carbonyl (C=O) groups excluding carboxylic acids is 1. The van der Waals surface area contributed by atoms with E-state index in [9.17, 15) is 4.79 Å². The van der Waals surface area contributed by atoms with E-state index in [-0.39, 0.29) is 18.5 Å². The molecule has 0 unspecified atom stereocenters. The maximum Gasteiger partial charge on any atom is 0.422 e. The third-order valence-electron chi connectivity index (χ3n) is 3.04. The van der Waals surface area contributed by atoms with Crippen LogP contribution >= 0.6 is 12.4 Å². The fourth-order valence-corrected chi connectivity index (χ4v) is 2.05. The zero-order valence-electron chi connectivity index (χ0n) is 10.2. The highest BCUT2D eigenvalue weighted by Gasteiger charge is 2.48. The molecule has 5 heteroatoms. The maximum atomic E-state index is 11.5. The van der Waals surface area contributed by atoms with Gasteiger partial charge in [0.15, 0.2) is 0 Å². The first-order valence-electron chi connectivity index (χ1n) is 5.63. The van der Waals surface area contributed by atoms with Crippen molar-refractivity contribution in [3.05, 3.63) is 0 Å². The molecular formula is C11H21ClN2O2. The molecule has 1 amide bonds. The molecule has 2 fully saturated rings. The standard InChI is InChI=1S/C11H20N2O2.ClH/c1-10(2,3)15-9(14)12-13-7-6-11(8-13)4-5-11;/h4-8H2,1-3H3,(H,12,14);1H. The van der Waals surface area contributed by atoms with E-state index in [0.29, 0.717) is 5.41 Å². The monoisotopic (exact) mass is 248 g/mol. The quantitative estimate of drug-likeness (QED) is 0.775. The highest BCUT2D eigenvalue weighted by atomic mass is 35.5. The molecule has 0 atom stereocenters. The van der Waals surface area contributed by atoms with Gasteiger partial charge in [0.25, 0.3) is 0 Å². The fraction of sp³-hybridized carbons (Fsp3) is 0.909. The van der Waals surface area contributed by atoms with Gasteiger partial charge < -0.3 is 4.74 Å². The van der Waals surface area contributed by atoms with Gasteiger partial charge in [-0.2, -0.15) is 0 Å². The summed E-state index contributed by atoms with van der Waals surface area (Å²) in [5, 5.41) is 1.99. The number of hydrazine groups is 1. The zero-order valence-corrected chi connectivity index (χ0v) is 11.0. The van der Waals surface area contributed by atoms with Crippen LogP contribution in [0.5, 0.6) is 0 Å². The van der Waals surface area contributed by atoms with Crippen molar-refractivity contribution in [2.75, 3.05) is 13.1 Å². The number of carbonyl (C=O) groups is 1. The minimum absolute atomic E-state index is 0. The lowest BCUT2D eigenvalue weighted by Crippen LogP contribution is -2.43. The second-order valence-corrected chi connectivity index (χ2v) is 5.79. The summed E-state index contributed by atoms with van der Waals surface area (Å²) in [5.74, 6) is 0. The van der Waals surface area contributed by atoms with E-state index in [1.165, 1.54) is 19.3 Å². The Labute approximate surface area is 103 Å². The molecule has 1 saturated carbocycles. The molecular weight excluding hydrogens is 228 g/mol. The van der Waals surface area contributed by atoms with Crippen molar-refractivity contribution in [2.45, 2.75) is 45.6 Å². The second-order valence-electron chi connectivity index (χ2n) is 5.79. The number of hydrogen-bond donors (Lipinski definition) is 1. The molecule has 1 heterocycles. The Kier molecular flexibility index (Phi) is 3.75. The fourth-order valence-electron chi connectivity index (χ4n) is 2.05. The van der Waals surface area contributed by atoms with Gasteiger partial charge >= 0.3 is 6.09 Å². The van der Waals surface area contributed by atoms with Crippen molar-refractivity contribution in [1.82, 2.24) is 10.4 Å². The number of halogens is 1. The van der Waals surface area contributed by atoms with Crippen LogP contribution in [0.4, 0.5) is 4.79 Å². The summed E-state index contributed by atoms with van der Waals surface area (Å²) in [7, 11) is 0. The van der Waals surface area contributed by atoms with Crippen molar-refractivity contribution in [3.8, 4) is 0 Å². The first-order chi connectivity index (χ1) is 6.89. The van der Waals surface area contributed by atoms with Crippen LogP contribution in [0.2, 0.25) is 0 Å². The predicted octanol–water partition coefficient (Wildman–Crippen LogP) is 2.33. The Morgan fingerprint density at radius 3 is 2.38 bits per heavy atom. The molecule has 0 radical (unpaired) electrons. The first-order valence-corrected chi connectivity index (χ1v) is 5.63. The van der Waals surface area contributed by atoms with Crippen LogP contribution < -0.4 is 5.43 Å². The minimum Gasteiger partial charge on any atom is -0.443 e. The topological polar surface area (TPSA) is 41.6 Å². The highest BCUT2D eigenvalue weighted by Crippen LogP contribution is 2.52. The SMILES string of the molecule is CC(C)(C)OC(=O)NN1CCC2(CC2)C1.Cl. The Bertz CT molecular complexity index is 272. The van der Waals surface area contributed by atoms with E-state index >= 15 is 0 Å². The van der Waals surface area contributed by atoms with E-state index in [0.717, 1.165) is 13.1 Å². The first kappa shape index (κ1) is 13.6. The van der Waals surface area contributed by atoms with E-state index in [2.05, 4.69) is 5.43 Å². The summed E-state index contributed by atoms with van der Waals surface area (Å²) in [6.07, 6.45) is 3.52. The Morgan fingerprint density at radius 1 is 1.31 bits per heavy atom. The second kappa shape index (κ2) is 4.41. The van der Waals surface area contributed by atoms with Crippen LogP contribution in [0.15, 0.2) is 0 Å². The Hall–Kier alpha value is -0.480. The van der Waals surface area contributed by atoms with Crippen LogP contribution in [-0.2, 0) is 4.74 Å². The van der Waals surface area contributed by atoms with Gasteiger partial charge in [0.1, 0.15) is 5.60 Å². The zero-order chi connectivity index (χ0) is 11.1. The van der Waals surface area contributed by atoms with E-state index in [1.54, 1.807) is 0 Å². The van der Waals surface area contributed by atoms with Crippen LogP contribution in [0.25, 0.3) is 0 Å². The lowest BCUT2D eigenvalue weighted by molar-refractivity contribution is 0.0359. The average molecular weight is 249 g/mol. The van der Waals surface area contributed by atoms with Gasteiger partial charge in [-0.1, -0.05) is 0 Å². The van der Waals surface area contributed by atoms with Gasteiger partial charge in [-0.25, -0.2) is 9.80 Å². The van der Waals surface area contributed by atoms with Gasteiger partial charge in [-0.15, -0.1) is 12.4 Å². The lowest BCUT2D eigenvalue weighted by atomic mass is 10.1. The predicted molar refractivity (Wildman–Crippen MR) is 64.5 cm³/mol. The van der Waals surface area contributed by atoms with Gasteiger partial charge in [-0.05, 0) is 45.4 Å². The number of hydrogen-bond acceptors (Lipinski definition) is 3.